The smallest absolute Gasteiger partial charge is 0.322 e. The Kier molecular flexibility index (Phi) is 9.35. The van der Waals surface area contributed by atoms with Gasteiger partial charge >= 0.3 is 6.47 Å². The van der Waals surface area contributed by atoms with Crippen LogP contribution in [0, 0.1) is 24.5 Å². The number of aromatic nitrogens is 2. The van der Waals surface area contributed by atoms with Crippen molar-refractivity contribution in [3.05, 3.63) is 90.3 Å². The molecule has 0 saturated carbocycles. The van der Waals surface area contributed by atoms with Crippen LogP contribution in [0.15, 0.2) is 78.0 Å². The summed E-state index contributed by atoms with van der Waals surface area (Å²) in [6.45, 7) is 4.77. The number of likely N-dealkylation sites (tertiary alicyclic amines) is 1. The quantitative estimate of drug-likeness (QED) is 0.171. The number of anilines is 3. The van der Waals surface area contributed by atoms with Crippen LogP contribution in [0.3, 0.4) is 0 Å². The Morgan fingerprint density at radius 3 is 2.45 bits per heavy atom. The average Bonchev–Trinajstić information content (AvgIpc) is 3.00. The van der Waals surface area contributed by atoms with Crippen molar-refractivity contribution in [1.29, 1.82) is 0 Å². The molecule has 230 valence electrons. The number of carbonyl (C=O) groups is 1. The maximum atomic E-state index is 14.3. The third-order valence-electron chi connectivity index (χ3n) is 7.33. The molecule has 1 aliphatic rings. The molecular formula is C31H31F2N5O5S. The number of aryl methyl sites for hydroxylation is 1. The number of benzene rings is 3. The molecule has 1 aliphatic heterocycles. The summed E-state index contributed by atoms with van der Waals surface area (Å²) in [4.78, 5) is 25.9. The van der Waals surface area contributed by atoms with Gasteiger partial charge in [-0.3, -0.25) is 4.79 Å². The number of hydrogen-bond donors (Lipinski definition) is 1. The van der Waals surface area contributed by atoms with Crippen molar-refractivity contribution in [3.63, 3.8) is 0 Å². The molecule has 1 fully saturated rings. The van der Waals surface area contributed by atoms with Crippen molar-refractivity contribution < 1.29 is 31.6 Å². The van der Waals surface area contributed by atoms with Gasteiger partial charge in [0, 0.05) is 23.4 Å². The van der Waals surface area contributed by atoms with Crippen molar-refractivity contribution >= 4 is 33.7 Å². The van der Waals surface area contributed by atoms with Crippen LogP contribution in [0.1, 0.15) is 18.4 Å². The Balaban J connectivity index is 1.28. The van der Waals surface area contributed by atoms with Crippen molar-refractivity contribution in [1.82, 2.24) is 14.9 Å². The summed E-state index contributed by atoms with van der Waals surface area (Å²) in [6, 6.07) is 15.4. The van der Waals surface area contributed by atoms with Gasteiger partial charge < -0.3 is 19.8 Å². The Hall–Kier alpha value is -4.62. The molecule has 1 N–H and O–H groups in total. The van der Waals surface area contributed by atoms with E-state index in [4.69, 9.17) is 4.74 Å². The second-order valence-electron chi connectivity index (χ2n) is 10.5. The minimum atomic E-state index is -4.70. The third-order valence-corrected chi connectivity index (χ3v) is 8.95. The van der Waals surface area contributed by atoms with Crippen molar-refractivity contribution in [3.8, 4) is 17.0 Å². The van der Waals surface area contributed by atoms with E-state index < -0.39 is 26.6 Å². The van der Waals surface area contributed by atoms with Gasteiger partial charge in [0.05, 0.1) is 18.0 Å². The van der Waals surface area contributed by atoms with Gasteiger partial charge in [-0.15, -0.1) is 0 Å². The maximum absolute atomic E-state index is 14.3. The van der Waals surface area contributed by atoms with E-state index in [0.717, 1.165) is 54.9 Å². The van der Waals surface area contributed by atoms with E-state index in [-0.39, 0.29) is 16.6 Å². The Labute approximate surface area is 254 Å². The zero-order chi connectivity index (χ0) is 31.3. The van der Waals surface area contributed by atoms with E-state index >= 15 is 0 Å². The summed E-state index contributed by atoms with van der Waals surface area (Å²) in [5.74, 6) is -0.404. The van der Waals surface area contributed by atoms with Gasteiger partial charge in [0.25, 0.3) is 10.0 Å². The Bertz CT molecular complexity index is 1730. The fraction of sp³-hybridized carbons (Fsp3) is 0.258. The number of piperidine rings is 1. The standard InChI is InChI=1S/C31H31F2N5O5S/c1-21-15-23(3-9-29(21)42-18-22-11-13-37(2)14-12-22)28-17-31(35-19-34-28)36-25-5-7-26(8-6-25)38(43-20-39)44(40,41)30-10-4-24(32)16-27(30)33/h3-10,15-17,19-20,22H,11-14,18H2,1-2H3,(H,34,35,36). The molecule has 10 nitrogen and oxygen atoms in total. The van der Waals surface area contributed by atoms with E-state index in [9.17, 15) is 22.0 Å². The first-order chi connectivity index (χ1) is 21.1. The summed E-state index contributed by atoms with van der Waals surface area (Å²) >= 11 is 0. The molecule has 5 rings (SSSR count). The van der Waals surface area contributed by atoms with Crippen LogP contribution < -0.4 is 14.5 Å². The van der Waals surface area contributed by atoms with E-state index in [0.29, 0.717) is 35.8 Å². The van der Waals surface area contributed by atoms with Crippen molar-refractivity contribution in [2.45, 2.75) is 24.7 Å². The minimum Gasteiger partial charge on any atom is -0.493 e. The van der Waals surface area contributed by atoms with E-state index in [2.05, 4.69) is 32.1 Å². The largest absolute Gasteiger partial charge is 0.493 e. The van der Waals surface area contributed by atoms with E-state index in [1.54, 1.807) is 6.07 Å². The predicted molar refractivity (Wildman–Crippen MR) is 161 cm³/mol. The SMILES string of the molecule is Cc1cc(-c2cc(Nc3ccc(N(OC=O)S(=O)(=O)c4ccc(F)cc4F)cc3)ncn2)ccc1OCC1CCN(C)CC1. The summed E-state index contributed by atoms with van der Waals surface area (Å²) in [6.07, 6.45) is 3.69. The molecule has 44 heavy (non-hydrogen) atoms. The summed E-state index contributed by atoms with van der Waals surface area (Å²) in [5, 5.41) is 3.12. The van der Waals surface area contributed by atoms with Gasteiger partial charge in [0.15, 0.2) is 0 Å². The van der Waals surface area contributed by atoms with Crippen LogP contribution in [0.5, 0.6) is 5.75 Å². The molecule has 3 aromatic carbocycles. The molecule has 13 heteroatoms. The molecule has 0 spiro atoms. The van der Waals surface area contributed by atoms with Crippen LogP contribution in [0.4, 0.5) is 26.0 Å². The van der Waals surface area contributed by atoms with E-state index in [1.165, 1.54) is 30.6 Å². The molecule has 0 amide bonds. The minimum absolute atomic E-state index is 0.0941. The zero-order valence-electron chi connectivity index (χ0n) is 24.1. The second kappa shape index (κ2) is 13.3. The fourth-order valence-corrected chi connectivity index (χ4v) is 6.15. The number of sulfonamides is 1. The number of hydrogen-bond acceptors (Lipinski definition) is 9. The molecule has 0 aliphatic carbocycles. The highest BCUT2D eigenvalue weighted by Gasteiger charge is 2.30. The van der Waals surface area contributed by atoms with Gasteiger partial charge in [-0.1, -0.05) is 4.47 Å². The van der Waals surface area contributed by atoms with Crippen LogP contribution in [-0.2, 0) is 19.7 Å². The lowest BCUT2D eigenvalue weighted by Gasteiger charge is -2.28. The summed E-state index contributed by atoms with van der Waals surface area (Å²) in [5.41, 5.74) is 3.00. The first-order valence-corrected chi connectivity index (χ1v) is 15.3. The highest BCUT2D eigenvalue weighted by atomic mass is 32.2. The molecular weight excluding hydrogens is 592 g/mol. The molecule has 0 bridgehead atoms. The normalized spacial score (nSPS) is 14.2. The van der Waals surface area contributed by atoms with Crippen LogP contribution in [-0.4, -0.2) is 56.5 Å². The molecule has 2 heterocycles. The van der Waals surface area contributed by atoms with Crippen molar-refractivity contribution in [2.24, 2.45) is 5.92 Å². The summed E-state index contributed by atoms with van der Waals surface area (Å²) < 4.78 is 60.0. The van der Waals surface area contributed by atoms with Gasteiger partial charge in [0.1, 0.15) is 34.4 Å². The molecule has 0 atom stereocenters. The molecule has 1 saturated heterocycles. The van der Waals surface area contributed by atoms with Crippen molar-refractivity contribution in [2.75, 3.05) is 36.5 Å². The topological polar surface area (TPSA) is 114 Å². The number of rotatable bonds is 11. The lowest BCUT2D eigenvalue weighted by molar-refractivity contribution is -0.128. The van der Waals surface area contributed by atoms with Crippen LogP contribution in [0.2, 0.25) is 0 Å². The zero-order valence-corrected chi connectivity index (χ0v) is 24.9. The van der Waals surface area contributed by atoms with E-state index in [1.807, 2.05) is 25.1 Å². The van der Waals surface area contributed by atoms with Gasteiger partial charge in [-0.05, 0) is 106 Å². The monoisotopic (exact) mass is 623 g/mol. The number of nitrogens with zero attached hydrogens (tertiary/aromatic N) is 4. The number of nitrogens with one attached hydrogen (secondary N) is 1. The van der Waals surface area contributed by atoms with Gasteiger partial charge in [-0.2, -0.15) is 8.42 Å². The first-order valence-electron chi connectivity index (χ1n) is 13.9. The Morgan fingerprint density at radius 2 is 1.77 bits per heavy atom. The van der Waals surface area contributed by atoms with Gasteiger partial charge in [0.2, 0.25) is 0 Å². The number of halogens is 2. The second-order valence-corrected chi connectivity index (χ2v) is 12.2. The lowest BCUT2D eigenvalue weighted by atomic mass is 9.98. The third kappa shape index (κ3) is 7.12. The maximum Gasteiger partial charge on any atom is 0.322 e. The molecule has 1 aromatic heterocycles. The number of carbonyl (C=O) groups excluding carboxylic acids is 1. The van der Waals surface area contributed by atoms with Gasteiger partial charge in [-0.25, -0.2) is 18.7 Å². The fourth-order valence-electron chi connectivity index (χ4n) is 4.87. The number of ether oxygens (including phenoxy) is 1. The average molecular weight is 624 g/mol. The van der Waals surface area contributed by atoms with Crippen LogP contribution in [0.25, 0.3) is 11.3 Å². The molecule has 0 radical (unpaired) electrons. The highest BCUT2D eigenvalue weighted by Crippen LogP contribution is 2.30. The Morgan fingerprint density at radius 1 is 1.02 bits per heavy atom. The predicted octanol–water partition coefficient (Wildman–Crippen LogP) is 5.48. The highest BCUT2D eigenvalue weighted by molar-refractivity contribution is 7.92. The first kappa shape index (κ1) is 30.8. The molecule has 0 unspecified atom stereocenters. The molecule has 4 aromatic rings. The lowest BCUT2D eigenvalue weighted by Crippen LogP contribution is -2.32. The van der Waals surface area contributed by atoms with Crippen LogP contribution >= 0.6 is 0 Å². The summed E-state index contributed by atoms with van der Waals surface area (Å²) in [7, 11) is -2.56.